The van der Waals surface area contributed by atoms with Gasteiger partial charge in [0, 0.05) is 12.0 Å². The second-order valence-electron chi connectivity index (χ2n) is 5.01. The molecule has 3 nitrogen and oxygen atoms in total. The quantitative estimate of drug-likeness (QED) is 0.911. The summed E-state index contributed by atoms with van der Waals surface area (Å²) in [6.07, 6.45) is 0. The molecule has 0 saturated heterocycles. The van der Waals surface area contributed by atoms with Crippen LogP contribution in [-0.4, -0.2) is 18.1 Å². The lowest BCUT2D eigenvalue weighted by Crippen LogP contribution is -2.11. The highest BCUT2D eigenvalue weighted by Crippen LogP contribution is 2.35. The Morgan fingerprint density at radius 3 is 2.76 bits per heavy atom. The van der Waals surface area contributed by atoms with E-state index >= 15 is 0 Å². The van der Waals surface area contributed by atoms with Crippen molar-refractivity contribution in [2.45, 2.75) is 26.2 Å². The predicted octanol–water partition coefficient (Wildman–Crippen LogP) is 2.93. The molecule has 0 saturated carbocycles. The second kappa shape index (κ2) is 4.63. The van der Waals surface area contributed by atoms with Gasteiger partial charge in [-0.3, -0.25) is 0 Å². The topological polar surface area (TPSA) is 48.1 Å². The normalized spacial score (nSPS) is 12.0. The molecule has 0 radical (unpaired) electrons. The van der Waals surface area contributed by atoms with Crippen LogP contribution >= 0.6 is 11.3 Å². The first-order chi connectivity index (χ1) is 8.02. The third-order valence-corrected chi connectivity index (χ3v) is 3.85. The minimum Gasteiger partial charge on any atom is -0.490 e. The van der Waals surface area contributed by atoms with Crippen molar-refractivity contribution < 1.29 is 4.74 Å². The molecule has 2 rings (SSSR count). The molecule has 0 unspecified atom stereocenters. The molecule has 92 valence electrons. The van der Waals surface area contributed by atoms with Gasteiger partial charge in [0.05, 0.1) is 9.71 Å². The largest absolute Gasteiger partial charge is 0.490 e. The van der Waals surface area contributed by atoms with E-state index in [9.17, 15) is 0 Å². The predicted molar refractivity (Wildman–Crippen MR) is 72.9 cm³/mol. The SMILES string of the molecule is CC(C)(C)c1nc2c(OCCN)cccc2s1. The lowest BCUT2D eigenvalue weighted by Gasteiger charge is -2.13. The summed E-state index contributed by atoms with van der Waals surface area (Å²) < 4.78 is 6.78. The molecule has 1 aromatic heterocycles. The summed E-state index contributed by atoms with van der Waals surface area (Å²) in [5.74, 6) is 0.833. The number of hydrogen-bond donors (Lipinski definition) is 1. The number of hydrogen-bond acceptors (Lipinski definition) is 4. The summed E-state index contributed by atoms with van der Waals surface area (Å²) in [5, 5.41) is 1.14. The fraction of sp³-hybridized carbons (Fsp3) is 0.462. The Morgan fingerprint density at radius 2 is 2.12 bits per heavy atom. The monoisotopic (exact) mass is 250 g/mol. The minimum atomic E-state index is 0.0782. The first-order valence-electron chi connectivity index (χ1n) is 5.75. The standard InChI is InChI=1S/C13H18N2OS/c1-13(2,3)12-15-11-9(16-8-7-14)5-4-6-10(11)17-12/h4-6H,7-8,14H2,1-3H3. The first kappa shape index (κ1) is 12.3. The Kier molecular flexibility index (Phi) is 3.35. The zero-order valence-electron chi connectivity index (χ0n) is 10.5. The lowest BCUT2D eigenvalue weighted by atomic mass is 9.98. The molecule has 4 heteroatoms. The van der Waals surface area contributed by atoms with E-state index < -0.39 is 0 Å². The van der Waals surface area contributed by atoms with E-state index in [1.165, 1.54) is 4.70 Å². The first-order valence-corrected chi connectivity index (χ1v) is 6.57. The molecule has 0 bridgehead atoms. The van der Waals surface area contributed by atoms with Crippen LogP contribution in [0.4, 0.5) is 0 Å². The van der Waals surface area contributed by atoms with Crippen LogP contribution in [0, 0.1) is 0 Å². The van der Waals surface area contributed by atoms with E-state index in [4.69, 9.17) is 10.5 Å². The van der Waals surface area contributed by atoms with E-state index in [0.29, 0.717) is 13.2 Å². The van der Waals surface area contributed by atoms with Gasteiger partial charge in [-0.25, -0.2) is 4.98 Å². The maximum Gasteiger partial charge on any atom is 0.146 e. The Balaban J connectivity index is 2.45. The molecule has 0 aliphatic rings. The van der Waals surface area contributed by atoms with Crippen LogP contribution in [0.5, 0.6) is 5.75 Å². The summed E-state index contributed by atoms with van der Waals surface area (Å²) in [6.45, 7) is 7.57. The highest BCUT2D eigenvalue weighted by atomic mass is 32.1. The summed E-state index contributed by atoms with van der Waals surface area (Å²) in [7, 11) is 0. The molecule has 0 aliphatic heterocycles. The van der Waals surface area contributed by atoms with Crippen molar-refractivity contribution in [1.82, 2.24) is 4.98 Å². The van der Waals surface area contributed by atoms with Crippen LogP contribution in [0.15, 0.2) is 18.2 Å². The number of para-hydroxylation sites is 1. The third-order valence-electron chi connectivity index (χ3n) is 2.40. The van der Waals surface area contributed by atoms with Gasteiger partial charge in [-0.15, -0.1) is 11.3 Å². The number of benzene rings is 1. The molecule has 2 aromatic rings. The lowest BCUT2D eigenvalue weighted by molar-refractivity contribution is 0.331. The number of nitrogens with two attached hydrogens (primary N) is 1. The number of aromatic nitrogens is 1. The highest BCUT2D eigenvalue weighted by molar-refractivity contribution is 7.18. The molecule has 0 fully saturated rings. The molecule has 2 N–H and O–H groups in total. The van der Waals surface area contributed by atoms with Crippen LogP contribution in [-0.2, 0) is 5.41 Å². The summed E-state index contributed by atoms with van der Waals surface area (Å²) in [6, 6.07) is 6.03. The molecular weight excluding hydrogens is 232 g/mol. The van der Waals surface area contributed by atoms with Gasteiger partial charge in [-0.1, -0.05) is 26.8 Å². The third kappa shape index (κ3) is 2.58. The fourth-order valence-corrected chi connectivity index (χ4v) is 2.57. The average molecular weight is 250 g/mol. The van der Waals surface area contributed by atoms with E-state index in [1.54, 1.807) is 11.3 Å². The average Bonchev–Trinajstić information content (AvgIpc) is 2.70. The Labute approximate surface area is 106 Å². The Bertz CT molecular complexity index is 514. The maximum atomic E-state index is 5.61. The van der Waals surface area contributed by atoms with Crippen molar-refractivity contribution in [1.29, 1.82) is 0 Å². The number of fused-ring (bicyclic) bond motifs is 1. The van der Waals surface area contributed by atoms with Crippen molar-refractivity contribution in [2.75, 3.05) is 13.2 Å². The van der Waals surface area contributed by atoms with Gasteiger partial charge in [0.1, 0.15) is 17.9 Å². The van der Waals surface area contributed by atoms with Crippen molar-refractivity contribution >= 4 is 21.6 Å². The van der Waals surface area contributed by atoms with E-state index in [-0.39, 0.29) is 5.41 Å². The van der Waals surface area contributed by atoms with Crippen LogP contribution < -0.4 is 10.5 Å². The molecule has 17 heavy (non-hydrogen) atoms. The van der Waals surface area contributed by atoms with Crippen LogP contribution in [0.3, 0.4) is 0 Å². The molecular formula is C13H18N2OS. The van der Waals surface area contributed by atoms with Gasteiger partial charge in [0.15, 0.2) is 0 Å². The Hall–Kier alpha value is -1.13. The van der Waals surface area contributed by atoms with Gasteiger partial charge in [0.2, 0.25) is 0 Å². The summed E-state index contributed by atoms with van der Waals surface area (Å²) in [5.41, 5.74) is 6.48. The van der Waals surface area contributed by atoms with Gasteiger partial charge in [0.25, 0.3) is 0 Å². The molecule has 0 atom stereocenters. The molecule has 1 heterocycles. The maximum absolute atomic E-state index is 5.61. The van der Waals surface area contributed by atoms with E-state index in [0.717, 1.165) is 16.3 Å². The van der Waals surface area contributed by atoms with E-state index in [1.807, 2.05) is 12.1 Å². The summed E-state index contributed by atoms with van der Waals surface area (Å²) in [4.78, 5) is 4.69. The van der Waals surface area contributed by atoms with Gasteiger partial charge >= 0.3 is 0 Å². The molecule has 0 spiro atoms. The fourth-order valence-electron chi connectivity index (χ4n) is 1.53. The van der Waals surface area contributed by atoms with Crippen LogP contribution in [0.25, 0.3) is 10.2 Å². The smallest absolute Gasteiger partial charge is 0.146 e. The molecule has 1 aromatic carbocycles. The minimum absolute atomic E-state index is 0.0782. The summed E-state index contributed by atoms with van der Waals surface area (Å²) >= 11 is 1.73. The van der Waals surface area contributed by atoms with Crippen molar-refractivity contribution in [3.8, 4) is 5.75 Å². The molecule has 0 aliphatic carbocycles. The Morgan fingerprint density at radius 1 is 1.35 bits per heavy atom. The molecule has 0 amide bonds. The zero-order valence-corrected chi connectivity index (χ0v) is 11.3. The number of ether oxygens (including phenoxy) is 1. The number of nitrogens with zero attached hydrogens (tertiary/aromatic N) is 1. The van der Waals surface area contributed by atoms with Crippen LogP contribution in [0.2, 0.25) is 0 Å². The zero-order chi connectivity index (χ0) is 12.5. The van der Waals surface area contributed by atoms with E-state index in [2.05, 4.69) is 31.8 Å². The van der Waals surface area contributed by atoms with Crippen molar-refractivity contribution in [3.63, 3.8) is 0 Å². The van der Waals surface area contributed by atoms with Crippen molar-refractivity contribution in [3.05, 3.63) is 23.2 Å². The number of rotatable bonds is 3. The van der Waals surface area contributed by atoms with Gasteiger partial charge in [-0.05, 0) is 12.1 Å². The number of thiazole rings is 1. The van der Waals surface area contributed by atoms with Crippen molar-refractivity contribution in [2.24, 2.45) is 5.73 Å². The second-order valence-corrected chi connectivity index (χ2v) is 6.04. The van der Waals surface area contributed by atoms with Gasteiger partial charge in [-0.2, -0.15) is 0 Å². The highest BCUT2D eigenvalue weighted by Gasteiger charge is 2.19. The van der Waals surface area contributed by atoms with Crippen LogP contribution in [0.1, 0.15) is 25.8 Å². The van der Waals surface area contributed by atoms with Gasteiger partial charge < -0.3 is 10.5 Å².